The minimum Gasteiger partial charge on any atom is -0.493 e. The third kappa shape index (κ3) is 4.55. The largest absolute Gasteiger partial charge is 0.493 e. The summed E-state index contributed by atoms with van der Waals surface area (Å²) >= 11 is 3.35. The van der Waals surface area contributed by atoms with E-state index in [-0.39, 0.29) is 18.2 Å². The molecule has 0 spiro atoms. The van der Waals surface area contributed by atoms with Crippen molar-refractivity contribution in [3.8, 4) is 11.6 Å². The van der Waals surface area contributed by atoms with Gasteiger partial charge in [-0.15, -0.1) is 10.2 Å². The van der Waals surface area contributed by atoms with Gasteiger partial charge in [-0.3, -0.25) is 4.79 Å². The molecule has 0 saturated carbocycles. The topological polar surface area (TPSA) is 113 Å². The van der Waals surface area contributed by atoms with E-state index in [2.05, 4.69) is 31.1 Å². The summed E-state index contributed by atoms with van der Waals surface area (Å²) in [7, 11) is 0. The van der Waals surface area contributed by atoms with Crippen LogP contribution in [-0.2, 0) is 9.53 Å². The van der Waals surface area contributed by atoms with Crippen molar-refractivity contribution in [3.63, 3.8) is 0 Å². The molecule has 0 aliphatic rings. The van der Waals surface area contributed by atoms with Gasteiger partial charge in [-0.05, 0) is 49.4 Å². The molecule has 28 heavy (non-hydrogen) atoms. The van der Waals surface area contributed by atoms with Crippen molar-refractivity contribution in [3.05, 3.63) is 52.5 Å². The highest BCUT2D eigenvalue weighted by atomic mass is 79.9. The third-order valence-corrected chi connectivity index (χ3v) is 4.20. The quantitative estimate of drug-likeness (QED) is 0.428. The van der Waals surface area contributed by atoms with Crippen molar-refractivity contribution in [2.24, 2.45) is 10.2 Å². The molecule has 0 atom stereocenters. The Hall–Kier alpha value is -3.20. The first-order chi connectivity index (χ1) is 13.5. The van der Waals surface area contributed by atoms with Crippen LogP contribution in [0.2, 0.25) is 0 Å². The molecule has 3 rings (SSSR count). The van der Waals surface area contributed by atoms with Crippen LogP contribution in [-0.4, -0.2) is 35.2 Å². The molecule has 1 amide bonds. The average Bonchev–Trinajstić information content (AvgIpc) is 2.99. The van der Waals surface area contributed by atoms with Crippen molar-refractivity contribution in [1.29, 1.82) is 0 Å². The van der Waals surface area contributed by atoms with Gasteiger partial charge < -0.3 is 19.6 Å². The maximum Gasteiger partial charge on any atom is 0.338 e. The first-order valence-corrected chi connectivity index (χ1v) is 9.12. The molecule has 0 bridgehead atoms. The van der Waals surface area contributed by atoms with Gasteiger partial charge in [0, 0.05) is 9.86 Å². The molecule has 144 valence electrons. The Morgan fingerprint density at radius 1 is 1.18 bits per heavy atom. The summed E-state index contributed by atoms with van der Waals surface area (Å²) in [5.41, 5.74) is 1.23. The van der Waals surface area contributed by atoms with Crippen LogP contribution in [0.3, 0.4) is 0 Å². The number of aromatic hydroxyl groups is 1. The van der Waals surface area contributed by atoms with Crippen LogP contribution in [0.15, 0.2) is 57.2 Å². The minimum atomic E-state index is -0.627. The first kappa shape index (κ1) is 19.6. The zero-order valence-corrected chi connectivity index (χ0v) is 16.4. The number of hydrogen-bond acceptors (Lipinski definition) is 6. The van der Waals surface area contributed by atoms with Crippen molar-refractivity contribution >= 4 is 44.4 Å². The third-order valence-electron chi connectivity index (χ3n) is 3.70. The SMILES string of the molecule is CCOC(=O)c1ccc(OCC(=O)N=Nc2c(O)[nH]c3ccc(Br)cc23)cc1. The van der Waals surface area contributed by atoms with E-state index in [1.54, 1.807) is 43.3 Å². The summed E-state index contributed by atoms with van der Waals surface area (Å²) in [6, 6.07) is 11.5. The highest BCUT2D eigenvalue weighted by molar-refractivity contribution is 9.10. The van der Waals surface area contributed by atoms with E-state index >= 15 is 0 Å². The molecule has 2 N–H and O–H groups in total. The van der Waals surface area contributed by atoms with Gasteiger partial charge in [-0.25, -0.2) is 4.79 Å². The van der Waals surface area contributed by atoms with Crippen molar-refractivity contribution in [2.75, 3.05) is 13.2 Å². The number of carbonyl (C=O) groups is 2. The van der Waals surface area contributed by atoms with Crippen LogP contribution in [0.1, 0.15) is 17.3 Å². The Morgan fingerprint density at radius 2 is 1.93 bits per heavy atom. The van der Waals surface area contributed by atoms with Gasteiger partial charge in [-0.1, -0.05) is 15.9 Å². The summed E-state index contributed by atoms with van der Waals surface area (Å²) in [5.74, 6) is -0.835. The number of aromatic amines is 1. The number of benzene rings is 2. The summed E-state index contributed by atoms with van der Waals surface area (Å²) in [6.07, 6.45) is 0. The number of nitrogens with one attached hydrogen (secondary N) is 1. The fourth-order valence-electron chi connectivity index (χ4n) is 2.42. The number of aromatic nitrogens is 1. The number of azo groups is 1. The fraction of sp³-hybridized carbons (Fsp3) is 0.158. The van der Waals surface area contributed by atoms with Gasteiger partial charge in [0.2, 0.25) is 5.88 Å². The van der Waals surface area contributed by atoms with Crippen molar-refractivity contribution in [1.82, 2.24) is 4.98 Å². The molecule has 1 aromatic heterocycles. The second-order valence-electron chi connectivity index (χ2n) is 5.64. The molecule has 0 fully saturated rings. The predicted octanol–water partition coefficient (Wildman–Crippen LogP) is 4.50. The molecular formula is C19H16BrN3O5. The summed E-state index contributed by atoms with van der Waals surface area (Å²) in [6.45, 7) is 1.68. The molecule has 0 saturated heterocycles. The zero-order valence-electron chi connectivity index (χ0n) is 14.8. The lowest BCUT2D eigenvalue weighted by Gasteiger charge is -2.05. The lowest BCUT2D eigenvalue weighted by Crippen LogP contribution is -2.08. The number of carbonyl (C=O) groups excluding carboxylic acids is 2. The molecule has 0 radical (unpaired) electrons. The monoisotopic (exact) mass is 445 g/mol. The second-order valence-corrected chi connectivity index (χ2v) is 6.56. The summed E-state index contributed by atoms with van der Waals surface area (Å²) in [4.78, 5) is 26.3. The minimum absolute atomic E-state index is 0.170. The van der Waals surface area contributed by atoms with Gasteiger partial charge in [0.05, 0.1) is 17.7 Å². The zero-order chi connectivity index (χ0) is 20.1. The lowest BCUT2D eigenvalue weighted by atomic mass is 10.2. The number of nitrogens with zero attached hydrogens (tertiary/aromatic N) is 2. The van der Waals surface area contributed by atoms with Crippen LogP contribution in [0.4, 0.5) is 5.69 Å². The smallest absolute Gasteiger partial charge is 0.338 e. The van der Waals surface area contributed by atoms with E-state index in [0.717, 1.165) is 4.47 Å². The number of fused-ring (bicyclic) bond motifs is 1. The van der Waals surface area contributed by atoms with Crippen LogP contribution in [0, 0.1) is 0 Å². The van der Waals surface area contributed by atoms with E-state index in [1.165, 1.54) is 0 Å². The molecule has 0 aliphatic carbocycles. The molecule has 8 nitrogen and oxygen atoms in total. The van der Waals surface area contributed by atoms with E-state index in [4.69, 9.17) is 9.47 Å². The normalized spacial score (nSPS) is 11.1. The Balaban J connectivity index is 1.62. The lowest BCUT2D eigenvalue weighted by molar-refractivity contribution is -0.120. The summed E-state index contributed by atoms with van der Waals surface area (Å²) < 4.78 is 11.0. The number of halogens is 1. The Bertz CT molecular complexity index is 1040. The van der Waals surface area contributed by atoms with Gasteiger partial charge in [-0.2, -0.15) is 0 Å². The number of hydrogen-bond donors (Lipinski definition) is 2. The van der Waals surface area contributed by atoms with E-state index < -0.39 is 11.9 Å². The molecular weight excluding hydrogens is 430 g/mol. The van der Waals surface area contributed by atoms with Gasteiger partial charge in [0.15, 0.2) is 12.3 Å². The Morgan fingerprint density at radius 3 is 2.64 bits per heavy atom. The predicted molar refractivity (Wildman–Crippen MR) is 105 cm³/mol. The van der Waals surface area contributed by atoms with E-state index in [9.17, 15) is 14.7 Å². The molecule has 3 aromatic rings. The first-order valence-electron chi connectivity index (χ1n) is 8.32. The van der Waals surface area contributed by atoms with Crippen LogP contribution >= 0.6 is 15.9 Å². The molecule has 1 heterocycles. The number of H-pyrrole nitrogens is 1. The van der Waals surface area contributed by atoms with Gasteiger partial charge >= 0.3 is 11.9 Å². The van der Waals surface area contributed by atoms with Crippen molar-refractivity contribution in [2.45, 2.75) is 6.92 Å². The van der Waals surface area contributed by atoms with E-state index in [1.807, 2.05) is 6.07 Å². The number of amides is 1. The van der Waals surface area contributed by atoms with Crippen LogP contribution < -0.4 is 4.74 Å². The fourth-order valence-corrected chi connectivity index (χ4v) is 2.78. The molecule has 2 aromatic carbocycles. The maximum absolute atomic E-state index is 11.9. The molecule has 0 aliphatic heterocycles. The molecule has 0 unspecified atom stereocenters. The van der Waals surface area contributed by atoms with Gasteiger partial charge in [0.1, 0.15) is 5.75 Å². The maximum atomic E-state index is 11.9. The highest BCUT2D eigenvalue weighted by Crippen LogP contribution is 2.36. The number of ether oxygens (including phenoxy) is 2. The van der Waals surface area contributed by atoms with Crippen LogP contribution in [0.25, 0.3) is 10.9 Å². The van der Waals surface area contributed by atoms with E-state index in [0.29, 0.717) is 28.8 Å². The summed E-state index contributed by atoms with van der Waals surface area (Å²) in [5, 5.41) is 18.0. The number of esters is 1. The number of rotatable bonds is 6. The second kappa shape index (κ2) is 8.66. The Labute approximate surface area is 168 Å². The van der Waals surface area contributed by atoms with Crippen molar-refractivity contribution < 1.29 is 24.2 Å². The standard InChI is InChI=1S/C19H16BrN3O5/c1-2-27-19(26)11-3-6-13(7-4-11)28-10-16(24)22-23-17-14-9-12(20)5-8-15(14)21-18(17)25/h3-9,21,25H,2,10H2,1H3. The highest BCUT2D eigenvalue weighted by Gasteiger charge is 2.12. The average molecular weight is 446 g/mol. The van der Waals surface area contributed by atoms with Gasteiger partial charge in [0.25, 0.3) is 0 Å². The van der Waals surface area contributed by atoms with Crippen LogP contribution in [0.5, 0.6) is 11.6 Å². The Kier molecular flexibility index (Phi) is 6.05. The molecule has 9 heteroatoms.